The van der Waals surface area contributed by atoms with Crippen LogP contribution >= 0.6 is 11.6 Å². The fourth-order valence-corrected chi connectivity index (χ4v) is 2.74. The highest BCUT2D eigenvalue weighted by Gasteiger charge is 2.25. The number of nitrogens with zero attached hydrogens (tertiary/aromatic N) is 1. The molecule has 1 aromatic rings. The molecule has 1 aliphatic heterocycles. The molecule has 2 atom stereocenters. The average Bonchev–Trinajstić information content (AvgIpc) is 2.58. The summed E-state index contributed by atoms with van der Waals surface area (Å²) in [5, 5.41) is 12.9. The summed E-state index contributed by atoms with van der Waals surface area (Å²) in [6, 6.07) is 4.58. The zero-order chi connectivity index (χ0) is 15.4. The Morgan fingerprint density at radius 3 is 2.86 bits per heavy atom. The maximum atomic E-state index is 13.4. The van der Waals surface area contributed by atoms with Crippen LogP contribution in [-0.4, -0.2) is 41.1 Å². The van der Waals surface area contributed by atoms with Crippen LogP contribution in [0.2, 0.25) is 5.02 Å². The molecule has 4 nitrogen and oxygen atoms in total. The van der Waals surface area contributed by atoms with E-state index in [-0.39, 0.29) is 17.0 Å². The van der Waals surface area contributed by atoms with Crippen molar-refractivity contribution in [2.45, 2.75) is 38.5 Å². The van der Waals surface area contributed by atoms with E-state index in [0.717, 1.165) is 12.1 Å². The summed E-state index contributed by atoms with van der Waals surface area (Å²) in [6.45, 7) is 3.51. The first-order valence-electron chi connectivity index (χ1n) is 7.07. The summed E-state index contributed by atoms with van der Waals surface area (Å²) >= 11 is 5.67. The number of hydrogen-bond acceptors (Lipinski definition) is 3. The Kier molecular flexibility index (Phi) is 5.56. The van der Waals surface area contributed by atoms with E-state index in [2.05, 4.69) is 10.2 Å². The van der Waals surface area contributed by atoms with E-state index < -0.39 is 11.9 Å². The molecule has 1 aliphatic rings. The van der Waals surface area contributed by atoms with Crippen molar-refractivity contribution in [2.24, 2.45) is 0 Å². The Labute approximate surface area is 128 Å². The van der Waals surface area contributed by atoms with E-state index in [4.69, 9.17) is 11.6 Å². The number of amides is 1. The van der Waals surface area contributed by atoms with Gasteiger partial charge in [0.25, 0.3) is 0 Å². The normalized spacial score (nSPS) is 23.6. The number of hydrogen-bond donors (Lipinski definition) is 2. The van der Waals surface area contributed by atoms with Crippen LogP contribution in [0, 0.1) is 5.82 Å². The predicted octanol–water partition coefficient (Wildman–Crippen LogP) is 1.94. The molecule has 0 unspecified atom stereocenters. The number of likely N-dealkylation sites (tertiary alicyclic amines) is 1. The zero-order valence-corrected chi connectivity index (χ0v) is 12.7. The molecular weight excluding hydrogens is 295 g/mol. The van der Waals surface area contributed by atoms with Crippen molar-refractivity contribution in [3.63, 3.8) is 0 Å². The summed E-state index contributed by atoms with van der Waals surface area (Å²) in [5.41, 5.74) is 0.851. The second kappa shape index (κ2) is 7.20. The molecule has 0 saturated carbocycles. The van der Waals surface area contributed by atoms with Gasteiger partial charge in [-0.05, 0) is 30.5 Å². The lowest BCUT2D eigenvalue weighted by Gasteiger charge is -2.21. The highest BCUT2D eigenvalue weighted by molar-refractivity contribution is 6.30. The molecule has 1 heterocycles. The van der Waals surface area contributed by atoms with Crippen LogP contribution in [0.5, 0.6) is 0 Å². The van der Waals surface area contributed by atoms with Gasteiger partial charge in [0.15, 0.2) is 0 Å². The van der Waals surface area contributed by atoms with E-state index >= 15 is 0 Å². The minimum absolute atomic E-state index is 0.121. The Morgan fingerprint density at radius 2 is 2.19 bits per heavy atom. The molecule has 0 radical (unpaired) electrons. The molecule has 2 N–H and O–H groups in total. The van der Waals surface area contributed by atoms with Gasteiger partial charge in [-0.15, -0.1) is 0 Å². The number of aliphatic hydroxyl groups is 1. The lowest BCUT2D eigenvalue weighted by Crippen LogP contribution is -2.42. The first-order chi connectivity index (χ1) is 9.95. The van der Waals surface area contributed by atoms with Gasteiger partial charge >= 0.3 is 0 Å². The van der Waals surface area contributed by atoms with E-state index in [9.17, 15) is 14.3 Å². The van der Waals surface area contributed by atoms with Crippen LogP contribution in [0.1, 0.15) is 25.3 Å². The van der Waals surface area contributed by atoms with Gasteiger partial charge in [0, 0.05) is 26.6 Å². The van der Waals surface area contributed by atoms with Crippen molar-refractivity contribution in [1.82, 2.24) is 10.2 Å². The van der Waals surface area contributed by atoms with Gasteiger partial charge in [0.05, 0.1) is 17.2 Å². The van der Waals surface area contributed by atoms with Crippen molar-refractivity contribution in [1.29, 1.82) is 0 Å². The van der Waals surface area contributed by atoms with E-state index in [1.165, 1.54) is 13.0 Å². The van der Waals surface area contributed by atoms with E-state index in [1.807, 2.05) is 0 Å². The largest absolute Gasteiger partial charge is 0.391 e. The van der Waals surface area contributed by atoms with Gasteiger partial charge in [-0.2, -0.15) is 0 Å². The van der Waals surface area contributed by atoms with Crippen molar-refractivity contribution < 1.29 is 14.3 Å². The molecule has 2 rings (SSSR count). The zero-order valence-electron chi connectivity index (χ0n) is 12.0. The second-order valence-electron chi connectivity index (χ2n) is 5.48. The van der Waals surface area contributed by atoms with Crippen molar-refractivity contribution in [2.75, 3.05) is 13.1 Å². The number of aliphatic hydroxyl groups excluding tert-OH is 1. The fourth-order valence-electron chi connectivity index (χ4n) is 2.63. The van der Waals surface area contributed by atoms with Crippen LogP contribution in [0.25, 0.3) is 0 Å². The highest BCUT2D eigenvalue weighted by Crippen LogP contribution is 2.19. The van der Waals surface area contributed by atoms with Gasteiger partial charge in [0.1, 0.15) is 5.82 Å². The van der Waals surface area contributed by atoms with Crippen LogP contribution in [0.3, 0.4) is 0 Å². The standard InChI is InChI=1S/C15H20ClFN2O2/c1-10(20)18-14-4-6-19(7-5-15(14)21)9-11-2-3-12(16)13(17)8-11/h2-3,8,14-15,21H,4-7,9H2,1H3,(H,18,20)/t14-,15-/m0/s1. The van der Waals surface area contributed by atoms with Crippen LogP contribution < -0.4 is 5.32 Å². The maximum absolute atomic E-state index is 13.4. The Hall–Kier alpha value is -1.17. The molecule has 1 fully saturated rings. The summed E-state index contributed by atoms with van der Waals surface area (Å²) in [4.78, 5) is 13.3. The maximum Gasteiger partial charge on any atom is 0.217 e. The Balaban J connectivity index is 1.96. The van der Waals surface area contributed by atoms with E-state index in [0.29, 0.717) is 25.9 Å². The quantitative estimate of drug-likeness (QED) is 0.896. The third kappa shape index (κ3) is 4.66. The van der Waals surface area contributed by atoms with Gasteiger partial charge in [-0.1, -0.05) is 17.7 Å². The number of rotatable bonds is 3. The van der Waals surface area contributed by atoms with Gasteiger partial charge in [0.2, 0.25) is 5.91 Å². The number of benzene rings is 1. The smallest absolute Gasteiger partial charge is 0.217 e. The van der Waals surface area contributed by atoms with Crippen LogP contribution in [0.15, 0.2) is 18.2 Å². The van der Waals surface area contributed by atoms with Gasteiger partial charge in [-0.3, -0.25) is 9.69 Å². The molecule has 116 valence electrons. The molecule has 21 heavy (non-hydrogen) atoms. The SMILES string of the molecule is CC(=O)N[C@H]1CCN(Cc2ccc(Cl)c(F)c2)CC[C@@H]1O. The highest BCUT2D eigenvalue weighted by atomic mass is 35.5. The summed E-state index contributed by atoms with van der Waals surface area (Å²) in [5.74, 6) is -0.549. The Bertz CT molecular complexity index is 512. The number of nitrogens with one attached hydrogen (secondary N) is 1. The third-order valence-electron chi connectivity index (χ3n) is 3.74. The van der Waals surface area contributed by atoms with Crippen LogP contribution in [0.4, 0.5) is 4.39 Å². The first kappa shape index (κ1) is 16.2. The number of halogens is 2. The van der Waals surface area contributed by atoms with Crippen LogP contribution in [-0.2, 0) is 11.3 Å². The predicted molar refractivity (Wildman–Crippen MR) is 79.5 cm³/mol. The molecular formula is C15H20ClFN2O2. The molecule has 1 amide bonds. The molecule has 0 bridgehead atoms. The monoisotopic (exact) mass is 314 g/mol. The minimum Gasteiger partial charge on any atom is -0.391 e. The van der Waals surface area contributed by atoms with Gasteiger partial charge in [-0.25, -0.2) is 4.39 Å². The first-order valence-corrected chi connectivity index (χ1v) is 7.45. The summed E-state index contributed by atoms with van der Waals surface area (Å²) in [7, 11) is 0. The second-order valence-corrected chi connectivity index (χ2v) is 5.88. The Morgan fingerprint density at radius 1 is 1.48 bits per heavy atom. The fraction of sp³-hybridized carbons (Fsp3) is 0.533. The number of carbonyl (C=O) groups excluding carboxylic acids is 1. The molecule has 1 aromatic carbocycles. The molecule has 6 heteroatoms. The molecule has 0 spiro atoms. The average molecular weight is 315 g/mol. The number of carbonyl (C=O) groups is 1. The topological polar surface area (TPSA) is 52.6 Å². The van der Waals surface area contributed by atoms with Crippen molar-refractivity contribution in [3.05, 3.63) is 34.6 Å². The van der Waals surface area contributed by atoms with Gasteiger partial charge < -0.3 is 10.4 Å². The van der Waals surface area contributed by atoms with Crippen molar-refractivity contribution >= 4 is 17.5 Å². The van der Waals surface area contributed by atoms with E-state index in [1.54, 1.807) is 12.1 Å². The lowest BCUT2D eigenvalue weighted by atomic mass is 10.1. The molecule has 0 aliphatic carbocycles. The minimum atomic E-state index is -0.541. The van der Waals surface area contributed by atoms with Crippen molar-refractivity contribution in [3.8, 4) is 0 Å². The molecule has 1 saturated heterocycles. The summed E-state index contributed by atoms with van der Waals surface area (Å²) < 4.78 is 13.4. The summed E-state index contributed by atoms with van der Waals surface area (Å²) in [6.07, 6.45) is 0.721. The lowest BCUT2D eigenvalue weighted by molar-refractivity contribution is -0.120. The molecule has 0 aromatic heterocycles. The third-order valence-corrected chi connectivity index (χ3v) is 4.05.